The van der Waals surface area contributed by atoms with Gasteiger partial charge in [0.25, 0.3) is 0 Å². The highest BCUT2D eigenvalue weighted by molar-refractivity contribution is 5.56. The van der Waals surface area contributed by atoms with Crippen molar-refractivity contribution in [2.75, 3.05) is 13.2 Å². The van der Waals surface area contributed by atoms with Crippen molar-refractivity contribution in [3.05, 3.63) is 0 Å². The minimum atomic E-state index is -1.95. The first kappa shape index (κ1) is 20.3. The normalized spacial score (nSPS) is 37.0. The van der Waals surface area contributed by atoms with Crippen molar-refractivity contribution >= 4 is 6.29 Å². The first-order valence-electron chi connectivity index (χ1n) is 6.84. The molecule has 0 aromatic rings. The van der Waals surface area contributed by atoms with Gasteiger partial charge in [-0.25, -0.2) is 0 Å². The zero-order valence-corrected chi connectivity index (χ0v) is 12.0. The predicted molar refractivity (Wildman–Crippen MR) is 69.8 cm³/mol. The third-order valence-electron chi connectivity index (χ3n) is 3.53. The number of hydrogen-bond donors (Lipinski definition) is 8. The largest absolute Gasteiger partial charge is 0.394 e. The van der Waals surface area contributed by atoms with E-state index in [1.165, 1.54) is 0 Å². The molecule has 1 aliphatic heterocycles. The average Bonchev–Trinajstić information content (AvgIpc) is 2.57. The van der Waals surface area contributed by atoms with Crippen LogP contribution in [0.15, 0.2) is 0 Å². The summed E-state index contributed by atoms with van der Waals surface area (Å²) in [7, 11) is 0. The Bertz CT molecular complexity index is 365. The Hall–Kier alpha value is -0.730. The summed E-state index contributed by atoms with van der Waals surface area (Å²) in [5.74, 6) is 0. The van der Waals surface area contributed by atoms with Gasteiger partial charge >= 0.3 is 0 Å². The molecule has 1 fully saturated rings. The van der Waals surface area contributed by atoms with E-state index in [0.717, 1.165) is 0 Å². The second kappa shape index (κ2) is 8.94. The van der Waals surface area contributed by atoms with Crippen molar-refractivity contribution in [2.45, 2.75) is 55.1 Å². The van der Waals surface area contributed by atoms with Crippen LogP contribution in [0.25, 0.3) is 0 Å². The second-order valence-corrected chi connectivity index (χ2v) is 5.17. The summed E-state index contributed by atoms with van der Waals surface area (Å²) in [4.78, 5) is 10.7. The van der Waals surface area contributed by atoms with Crippen LogP contribution in [0, 0.1) is 0 Å². The van der Waals surface area contributed by atoms with Gasteiger partial charge in [-0.1, -0.05) is 0 Å². The molecule has 9 atom stereocenters. The van der Waals surface area contributed by atoms with Crippen LogP contribution < -0.4 is 0 Å². The number of hydrogen-bond acceptors (Lipinski definition) is 11. The van der Waals surface area contributed by atoms with Gasteiger partial charge in [-0.05, 0) is 0 Å². The van der Waals surface area contributed by atoms with Crippen LogP contribution in [0.1, 0.15) is 0 Å². The van der Waals surface area contributed by atoms with E-state index < -0.39 is 68.3 Å². The maximum absolute atomic E-state index is 10.7. The minimum absolute atomic E-state index is 0.0119. The first-order valence-corrected chi connectivity index (χ1v) is 6.84. The minimum Gasteiger partial charge on any atom is -0.394 e. The Kier molecular flexibility index (Phi) is 7.89. The van der Waals surface area contributed by atoms with E-state index in [-0.39, 0.29) is 6.29 Å². The molecule has 0 aromatic heterocycles. The van der Waals surface area contributed by atoms with Crippen LogP contribution in [0.2, 0.25) is 0 Å². The summed E-state index contributed by atoms with van der Waals surface area (Å²) < 4.78 is 10.0. The summed E-state index contributed by atoms with van der Waals surface area (Å²) in [5.41, 5.74) is 0. The number of rotatable bonds is 8. The van der Waals surface area contributed by atoms with Crippen molar-refractivity contribution < 1.29 is 55.1 Å². The van der Waals surface area contributed by atoms with Gasteiger partial charge < -0.3 is 55.1 Å². The SMILES string of the molecule is O=C[C@@H](O)[C@@H](O[C@@H]1O[C@@H](CO)[C@H](O)[C@@H](O)[C@H]1O)[C@H](O)[C@H](O)CO. The highest BCUT2D eigenvalue weighted by atomic mass is 16.7. The molecule has 0 aliphatic carbocycles. The highest BCUT2D eigenvalue weighted by Crippen LogP contribution is 2.24. The van der Waals surface area contributed by atoms with Crippen molar-refractivity contribution in [3.8, 4) is 0 Å². The number of aldehydes is 1. The third kappa shape index (κ3) is 4.64. The maximum atomic E-state index is 10.7. The molecular formula is C12H22O11. The van der Waals surface area contributed by atoms with Crippen molar-refractivity contribution in [1.82, 2.24) is 0 Å². The van der Waals surface area contributed by atoms with Crippen LogP contribution in [-0.2, 0) is 14.3 Å². The number of aliphatic hydroxyl groups excluding tert-OH is 8. The fourth-order valence-electron chi connectivity index (χ4n) is 2.10. The van der Waals surface area contributed by atoms with Gasteiger partial charge in [0, 0.05) is 0 Å². The molecular weight excluding hydrogens is 320 g/mol. The zero-order chi connectivity index (χ0) is 17.7. The smallest absolute Gasteiger partial charge is 0.187 e. The van der Waals surface area contributed by atoms with Crippen LogP contribution >= 0.6 is 0 Å². The monoisotopic (exact) mass is 342 g/mol. The molecule has 136 valence electrons. The van der Waals surface area contributed by atoms with E-state index >= 15 is 0 Å². The topological polar surface area (TPSA) is 197 Å². The Morgan fingerprint density at radius 1 is 1.04 bits per heavy atom. The van der Waals surface area contributed by atoms with E-state index in [4.69, 9.17) is 19.7 Å². The van der Waals surface area contributed by atoms with E-state index in [2.05, 4.69) is 0 Å². The molecule has 0 bridgehead atoms. The molecule has 1 heterocycles. The lowest BCUT2D eigenvalue weighted by atomic mass is 9.98. The van der Waals surface area contributed by atoms with E-state index in [9.17, 15) is 35.4 Å². The highest BCUT2D eigenvalue weighted by Gasteiger charge is 2.46. The molecule has 1 rings (SSSR count). The summed E-state index contributed by atoms with van der Waals surface area (Å²) in [6.07, 6.45) is -15.7. The lowest BCUT2D eigenvalue weighted by Gasteiger charge is -2.41. The maximum Gasteiger partial charge on any atom is 0.187 e. The van der Waals surface area contributed by atoms with Gasteiger partial charge in [0.2, 0.25) is 0 Å². The van der Waals surface area contributed by atoms with Crippen LogP contribution in [0.3, 0.4) is 0 Å². The predicted octanol–water partition coefficient (Wildman–Crippen LogP) is -5.55. The summed E-state index contributed by atoms with van der Waals surface area (Å²) in [5, 5.41) is 75.6. The quantitative estimate of drug-likeness (QED) is 0.196. The molecule has 0 saturated carbocycles. The Labute approximate surface area is 130 Å². The van der Waals surface area contributed by atoms with Crippen molar-refractivity contribution in [2.24, 2.45) is 0 Å². The van der Waals surface area contributed by atoms with Gasteiger partial charge in [-0.3, -0.25) is 0 Å². The molecule has 0 aromatic carbocycles. The standard InChI is InChI=1S/C12H22O11/c13-1-4(16)7(18)11(5(17)2-14)23-12-10(21)9(20)8(19)6(3-15)22-12/h2,4-13,15-21H,1,3H2/t4-,5-,6+,7-,8+,9-,10-,11-,12+/m1/s1. The summed E-state index contributed by atoms with van der Waals surface area (Å²) in [6, 6.07) is 0. The van der Waals surface area contributed by atoms with Crippen LogP contribution in [-0.4, -0.2) is 115 Å². The lowest BCUT2D eigenvalue weighted by Crippen LogP contribution is -2.61. The first-order chi connectivity index (χ1) is 10.8. The van der Waals surface area contributed by atoms with E-state index in [0.29, 0.717) is 0 Å². The van der Waals surface area contributed by atoms with Gasteiger partial charge in [-0.15, -0.1) is 0 Å². The Balaban J connectivity index is 2.91. The van der Waals surface area contributed by atoms with Gasteiger partial charge in [0.1, 0.15) is 48.8 Å². The molecule has 11 nitrogen and oxygen atoms in total. The van der Waals surface area contributed by atoms with Crippen molar-refractivity contribution in [1.29, 1.82) is 0 Å². The number of carbonyl (C=O) groups excluding carboxylic acids is 1. The molecule has 8 N–H and O–H groups in total. The van der Waals surface area contributed by atoms with E-state index in [1.54, 1.807) is 0 Å². The lowest BCUT2D eigenvalue weighted by molar-refractivity contribution is -0.324. The molecule has 23 heavy (non-hydrogen) atoms. The summed E-state index contributed by atoms with van der Waals surface area (Å²) >= 11 is 0. The fraction of sp³-hybridized carbons (Fsp3) is 0.917. The average molecular weight is 342 g/mol. The second-order valence-electron chi connectivity index (χ2n) is 5.17. The van der Waals surface area contributed by atoms with Gasteiger partial charge in [-0.2, -0.15) is 0 Å². The molecule has 0 radical (unpaired) electrons. The molecule has 11 heteroatoms. The number of ether oxygens (including phenoxy) is 2. The van der Waals surface area contributed by atoms with Gasteiger partial charge in [0.05, 0.1) is 13.2 Å². The van der Waals surface area contributed by atoms with Crippen molar-refractivity contribution in [3.63, 3.8) is 0 Å². The molecule has 0 spiro atoms. The van der Waals surface area contributed by atoms with E-state index in [1.807, 2.05) is 0 Å². The van der Waals surface area contributed by atoms with Gasteiger partial charge in [0.15, 0.2) is 12.6 Å². The third-order valence-corrected chi connectivity index (χ3v) is 3.53. The Morgan fingerprint density at radius 2 is 1.65 bits per heavy atom. The molecule has 1 saturated heterocycles. The fourth-order valence-corrected chi connectivity index (χ4v) is 2.10. The zero-order valence-electron chi connectivity index (χ0n) is 12.0. The molecule has 1 aliphatic rings. The summed E-state index contributed by atoms with van der Waals surface area (Å²) in [6.45, 7) is -1.63. The molecule has 0 unspecified atom stereocenters. The number of aliphatic hydroxyl groups is 8. The molecule has 0 amide bonds. The van der Waals surface area contributed by atoms with Crippen LogP contribution in [0.5, 0.6) is 0 Å². The van der Waals surface area contributed by atoms with Crippen LogP contribution in [0.4, 0.5) is 0 Å². The Morgan fingerprint density at radius 3 is 2.13 bits per heavy atom. The number of carbonyl (C=O) groups is 1.